The minimum absolute atomic E-state index is 0.0209. The summed E-state index contributed by atoms with van der Waals surface area (Å²) in [4.78, 5) is 11.9. The summed E-state index contributed by atoms with van der Waals surface area (Å²) in [6, 6.07) is 11.8. The van der Waals surface area contributed by atoms with E-state index in [4.69, 9.17) is 4.74 Å². The molecule has 2 rings (SSSR count). The van der Waals surface area contributed by atoms with E-state index >= 15 is 0 Å². The highest BCUT2D eigenvalue weighted by molar-refractivity contribution is 9.10. The molecule has 2 aromatic carbocycles. The van der Waals surface area contributed by atoms with Crippen molar-refractivity contribution in [2.45, 2.75) is 0 Å². The van der Waals surface area contributed by atoms with Gasteiger partial charge in [-0.25, -0.2) is 5.43 Å². The number of halogens is 1. The zero-order chi connectivity index (χ0) is 15.2. The van der Waals surface area contributed by atoms with Crippen molar-refractivity contribution < 1.29 is 14.6 Å². The largest absolute Gasteiger partial charge is 0.504 e. The number of benzene rings is 2. The van der Waals surface area contributed by atoms with E-state index in [1.807, 2.05) is 24.3 Å². The third-order valence-electron chi connectivity index (χ3n) is 2.69. The SMILES string of the molecule is COc1cc(C(=O)N/N=C/c2ccc(Br)cc2)ccc1O. The average molecular weight is 349 g/mol. The van der Waals surface area contributed by atoms with Crippen molar-refractivity contribution in [2.75, 3.05) is 7.11 Å². The first kappa shape index (κ1) is 15.1. The molecule has 0 radical (unpaired) electrons. The van der Waals surface area contributed by atoms with Gasteiger partial charge in [-0.3, -0.25) is 4.79 Å². The fraction of sp³-hybridized carbons (Fsp3) is 0.0667. The Kier molecular flexibility index (Phi) is 4.94. The topological polar surface area (TPSA) is 70.9 Å². The van der Waals surface area contributed by atoms with Crippen LogP contribution in [0.3, 0.4) is 0 Å². The zero-order valence-corrected chi connectivity index (χ0v) is 12.8. The minimum atomic E-state index is -0.387. The van der Waals surface area contributed by atoms with Crippen LogP contribution in [0, 0.1) is 0 Å². The lowest BCUT2D eigenvalue weighted by molar-refractivity contribution is 0.0955. The first-order valence-electron chi connectivity index (χ1n) is 6.06. The molecular formula is C15H13BrN2O3. The van der Waals surface area contributed by atoms with Crippen LogP contribution < -0.4 is 10.2 Å². The number of carbonyl (C=O) groups excluding carboxylic acids is 1. The molecule has 0 bridgehead atoms. The zero-order valence-electron chi connectivity index (χ0n) is 11.2. The van der Waals surface area contributed by atoms with Crippen molar-refractivity contribution >= 4 is 28.1 Å². The number of amides is 1. The van der Waals surface area contributed by atoms with Gasteiger partial charge in [-0.2, -0.15) is 5.10 Å². The molecular weight excluding hydrogens is 336 g/mol. The molecule has 0 saturated heterocycles. The van der Waals surface area contributed by atoms with Gasteiger partial charge in [0, 0.05) is 10.0 Å². The summed E-state index contributed by atoms with van der Waals surface area (Å²) in [5.41, 5.74) is 3.62. The Hall–Kier alpha value is -2.34. The smallest absolute Gasteiger partial charge is 0.271 e. The standard InChI is InChI=1S/C15H13BrN2O3/c1-21-14-8-11(4-7-13(14)19)15(20)18-17-9-10-2-5-12(16)6-3-10/h2-9,19H,1H3,(H,18,20)/b17-9+. The van der Waals surface area contributed by atoms with Crippen LogP contribution in [-0.4, -0.2) is 24.3 Å². The highest BCUT2D eigenvalue weighted by Crippen LogP contribution is 2.26. The summed E-state index contributed by atoms with van der Waals surface area (Å²) >= 11 is 3.34. The van der Waals surface area contributed by atoms with Gasteiger partial charge in [-0.05, 0) is 35.9 Å². The molecule has 0 unspecified atom stereocenters. The fourth-order valence-corrected chi connectivity index (χ4v) is 1.86. The third-order valence-corrected chi connectivity index (χ3v) is 3.22. The van der Waals surface area contributed by atoms with Crippen molar-refractivity contribution in [3.05, 3.63) is 58.1 Å². The van der Waals surface area contributed by atoms with Gasteiger partial charge in [0.15, 0.2) is 11.5 Å². The van der Waals surface area contributed by atoms with Gasteiger partial charge >= 0.3 is 0 Å². The molecule has 21 heavy (non-hydrogen) atoms. The van der Waals surface area contributed by atoms with Gasteiger partial charge in [0.1, 0.15) is 0 Å². The Bertz CT molecular complexity index is 669. The predicted octanol–water partition coefficient (Wildman–Crippen LogP) is 2.93. The first-order valence-corrected chi connectivity index (χ1v) is 6.85. The molecule has 0 saturated carbocycles. The molecule has 0 aliphatic rings. The monoisotopic (exact) mass is 348 g/mol. The number of rotatable bonds is 4. The van der Waals surface area contributed by atoms with E-state index in [-0.39, 0.29) is 17.4 Å². The second kappa shape index (κ2) is 6.90. The van der Waals surface area contributed by atoms with Crippen LogP contribution >= 0.6 is 15.9 Å². The first-order chi connectivity index (χ1) is 10.1. The number of hydrogen-bond donors (Lipinski definition) is 2. The number of hydrazone groups is 1. The van der Waals surface area contributed by atoms with Crippen LogP contribution in [0.5, 0.6) is 11.5 Å². The Morgan fingerprint density at radius 3 is 2.67 bits per heavy atom. The van der Waals surface area contributed by atoms with Crippen LogP contribution in [0.2, 0.25) is 0 Å². The van der Waals surface area contributed by atoms with E-state index in [0.717, 1.165) is 10.0 Å². The lowest BCUT2D eigenvalue weighted by atomic mass is 10.2. The van der Waals surface area contributed by atoms with Crippen molar-refractivity contribution in [3.8, 4) is 11.5 Å². The summed E-state index contributed by atoms with van der Waals surface area (Å²) in [6.45, 7) is 0. The molecule has 0 fully saturated rings. The maximum Gasteiger partial charge on any atom is 0.271 e. The fourth-order valence-electron chi connectivity index (χ4n) is 1.60. The molecule has 0 aromatic heterocycles. The lowest BCUT2D eigenvalue weighted by Crippen LogP contribution is -2.17. The summed E-state index contributed by atoms with van der Waals surface area (Å²) in [6.07, 6.45) is 1.54. The molecule has 0 aliphatic carbocycles. The van der Waals surface area contributed by atoms with Crippen molar-refractivity contribution in [1.82, 2.24) is 5.43 Å². The van der Waals surface area contributed by atoms with Gasteiger partial charge in [-0.1, -0.05) is 28.1 Å². The van der Waals surface area contributed by atoms with Gasteiger partial charge in [0.05, 0.1) is 13.3 Å². The predicted molar refractivity (Wildman–Crippen MR) is 83.9 cm³/mol. The quantitative estimate of drug-likeness (QED) is 0.659. The molecule has 5 nitrogen and oxygen atoms in total. The number of phenolic OH excluding ortho intramolecular Hbond substituents is 1. The highest BCUT2D eigenvalue weighted by atomic mass is 79.9. The molecule has 0 heterocycles. The Morgan fingerprint density at radius 1 is 1.29 bits per heavy atom. The van der Waals surface area contributed by atoms with Crippen LogP contribution in [0.1, 0.15) is 15.9 Å². The second-order valence-corrected chi connectivity index (χ2v) is 5.05. The number of methoxy groups -OCH3 is 1. The molecule has 2 aromatic rings. The molecule has 1 amide bonds. The highest BCUT2D eigenvalue weighted by Gasteiger charge is 2.08. The summed E-state index contributed by atoms with van der Waals surface area (Å²) in [7, 11) is 1.42. The van der Waals surface area contributed by atoms with Gasteiger partial charge in [0.25, 0.3) is 5.91 Å². The summed E-state index contributed by atoms with van der Waals surface area (Å²) in [5, 5.41) is 13.4. The van der Waals surface area contributed by atoms with Crippen LogP contribution in [-0.2, 0) is 0 Å². The van der Waals surface area contributed by atoms with Crippen molar-refractivity contribution in [1.29, 1.82) is 0 Å². The Labute approximate surface area is 130 Å². The molecule has 2 N–H and O–H groups in total. The van der Waals surface area contributed by atoms with E-state index in [0.29, 0.717) is 5.56 Å². The normalized spacial score (nSPS) is 10.6. The number of aromatic hydroxyl groups is 1. The number of nitrogens with zero attached hydrogens (tertiary/aromatic N) is 1. The van der Waals surface area contributed by atoms with Crippen molar-refractivity contribution in [3.63, 3.8) is 0 Å². The van der Waals surface area contributed by atoms with Gasteiger partial charge in [0.2, 0.25) is 0 Å². The Balaban J connectivity index is 2.03. The van der Waals surface area contributed by atoms with Gasteiger partial charge in [-0.15, -0.1) is 0 Å². The third kappa shape index (κ3) is 4.06. The van der Waals surface area contributed by atoms with E-state index in [2.05, 4.69) is 26.5 Å². The number of carbonyl (C=O) groups is 1. The minimum Gasteiger partial charge on any atom is -0.504 e. The molecule has 0 atom stereocenters. The van der Waals surface area contributed by atoms with E-state index < -0.39 is 0 Å². The lowest BCUT2D eigenvalue weighted by Gasteiger charge is -2.05. The van der Waals surface area contributed by atoms with Crippen LogP contribution in [0.15, 0.2) is 52.0 Å². The maximum atomic E-state index is 11.9. The average Bonchev–Trinajstić information content (AvgIpc) is 2.49. The molecule has 0 spiro atoms. The number of phenols is 1. The summed E-state index contributed by atoms with van der Waals surface area (Å²) < 4.78 is 5.92. The van der Waals surface area contributed by atoms with E-state index in [9.17, 15) is 9.90 Å². The summed E-state index contributed by atoms with van der Waals surface area (Å²) in [5.74, 6) is -0.173. The van der Waals surface area contributed by atoms with Gasteiger partial charge < -0.3 is 9.84 Å². The van der Waals surface area contributed by atoms with Crippen molar-refractivity contribution in [2.24, 2.45) is 5.10 Å². The van der Waals surface area contributed by atoms with E-state index in [1.165, 1.54) is 25.3 Å². The number of nitrogens with one attached hydrogen (secondary N) is 1. The van der Waals surface area contributed by atoms with Crippen LogP contribution in [0.25, 0.3) is 0 Å². The maximum absolute atomic E-state index is 11.9. The van der Waals surface area contributed by atoms with Crippen LogP contribution in [0.4, 0.5) is 0 Å². The molecule has 6 heteroatoms. The number of hydrogen-bond acceptors (Lipinski definition) is 4. The number of ether oxygens (including phenoxy) is 1. The Morgan fingerprint density at radius 2 is 2.00 bits per heavy atom. The second-order valence-electron chi connectivity index (χ2n) is 4.14. The molecule has 108 valence electrons. The molecule has 0 aliphatic heterocycles. The van der Waals surface area contributed by atoms with E-state index in [1.54, 1.807) is 6.21 Å².